The molecule has 1 aliphatic rings. The molecule has 3 heteroatoms. The normalized spacial score (nSPS) is 22.4. The van der Waals surface area contributed by atoms with Gasteiger partial charge >= 0.3 is 0 Å². The van der Waals surface area contributed by atoms with E-state index in [4.69, 9.17) is 5.73 Å². The summed E-state index contributed by atoms with van der Waals surface area (Å²) in [4.78, 5) is 11.9. The summed E-state index contributed by atoms with van der Waals surface area (Å²) in [5.41, 5.74) is 7.72. The number of hydrogen-bond acceptors (Lipinski definition) is 2. The molecule has 1 fully saturated rings. The number of rotatable bonds is 5. The van der Waals surface area contributed by atoms with Gasteiger partial charge in [-0.15, -0.1) is 0 Å². The number of amides is 1. The third-order valence-corrected chi connectivity index (χ3v) is 4.40. The molecule has 0 atom stereocenters. The van der Waals surface area contributed by atoms with Crippen LogP contribution in [0.5, 0.6) is 0 Å². The van der Waals surface area contributed by atoms with Crippen LogP contribution in [-0.4, -0.2) is 12.5 Å². The van der Waals surface area contributed by atoms with Crippen LogP contribution in [0.2, 0.25) is 0 Å². The van der Waals surface area contributed by atoms with Gasteiger partial charge in [-0.05, 0) is 42.7 Å². The van der Waals surface area contributed by atoms with Gasteiger partial charge in [-0.2, -0.15) is 0 Å². The number of nitrogens with one attached hydrogen (secondary N) is 1. The van der Waals surface area contributed by atoms with E-state index in [0.29, 0.717) is 12.3 Å². The Balaban J connectivity index is 1.67. The van der Waals surface area contributed by atoms with Crippen molar-refractivity contribution in [3.8, 4) is 0 Å². The van der Waals surface area contributed by atoms with Gasteiger partial charge in [0, 0.05) is 18.7 Å². The SMILES string of the molecule is CC1CCC(CNC(=O)CCc2ccccc2N)CC1. The van der Waals surface area contributed by atoms with E-state index in [0.717, 1.165) is 30.1 Å². The number of nitrogens with two attached hydrogens (primary N) is 1. The highest BCUT2D eigenvalue weighted by atomic mass is 16.1. The second-order valence-electron chi connectivity index (χ2n) is 6.13. The van der Waals surface area contributed by atoms with Gasteiger partial charge in [-0.1, -0.05) is 38.0 Å². The van der Waals surface area contributed by atoms with Crippen molar-refractivity contribution in [3.63, 3.8) is 0 Å². The van der Waals surface area contributed by atoms with Crippen LogP contribution >= 0.6 is 0 Å². The zero-order valence-corrected chi connectivity index (χ0v) is 12.4. The van der Waals surface area contributed by atoms with Crippen molar-refractivity contribution >= 4 is 11.6 Å². The summed E-state index contributed by atoms with van der Waals surface area (Å²) in [7, 11) is 0. The molecule has 1 saturated carbocycles. The van der Waals surface area contributed by atoms with Gasteiger partial charge < -0.3 is 11.1 Å². The number of nitrogen functional groups attached to an aromatic ring is 1. The number of carbonyl (C=O) groups excluding carboxylic acids is 1. The highest BCUT2D eigenvalue weighted by Gasteiger charge is 2.18. The molecule has 20 heavy (non-hydrogen) atoms. The molecule has 1 aromatic rings. The van der Waals surface area contributed by atoms with Gasteiger partial charge in [-0.25, -0.2) is 0 Å². The molecule has 0 heterocycles. The fraction of sp³-hybridized carbons (Fsp3) is 0.588. The van der Waals surface area contributed by atoms with E-state index < -0.39 is 0 Å². The average Bonchev–Trinajstić information content (AvgIpc) is 2.46. The maximum Gasteiger partial charge on any atom is 0.220 e. The van der Waals surface area contributed by atoms with E-state index in [1.54, 1.807) is 0 Å². The maximum absolute atomic E-state index is 11.9. The van der Waals surface area contributed by atoms with Gasteiger partial charge in [0.15, 0.2) is 0 Å². The largest absolute Gasteiger partial charge is 0.399 e. The van der Waals surface area contributed by atoms with Crippen molar-refractivity contribution < 1.29 is 4.79 Å². The predicted molar refractivity (Wildman–Crippen MR) is 83.3 cm³/mol. The van der Waals surface area contributed by atoms with E-state index >= 15 is 0 Å². The number of anilines is 1. The molecule has 1 aromatic carbocycles. The minimum Gasteiger partial charge on any atom is -0.399 e. The summed E-state index contributed by atoms with van der Waals surface area (Å²) >= 11 is 0. The lowest BCUT2D eigenvalue weighted by molar-refractivity contribution is -0.121. The molecule has 1 aliphatic carbocycles. The molecule has 3 N–H and O–H groups in total. The Hall–Kier alpha value is -1.51. The fourth-order valence-electron chi connectivity index (χ4n) is 2.89. The second-order valence-corrected chi connectivity index (χ2v) is 6.13. The molecule has 1 amide bonds. The van der Waals surface area contributed by atoms with Crippen molar-refractivity contribution in [1.82, 2.24) is 5.32 Å². The van der Waals surface area contributed by atoms with Crippen LogP contribution in [0.25, 0.3) is 0 Å². The first-order chi connectivity index (χ1) is 9.65. The van der Waals surface area contributed by atoms with E-state index in [-0.39, 0.29) is 5.91 Å². The molecule has 0 aromatic heterocycles. The number of benzene rings is 1. The summed E-state index contributed by atoms with van der Waals surface area (Å²) in [6.07, 6.45) is 6.37. The van der Waals surface area contributed by atoms with E-state index in [1.807, 2.05) is 24.3 Å². The van der Waals surface area contributed by atoms with Crippen LogP contribution in [0.1, 0.15) is 44.6 Å². The summed E-state index contributed by atoms with van der Waals surface area (Å²) < 4.78 is 0. The van der Waals surface area contributed by atoms with E-state index in [1.165, 1.54) is 25.7 Å². The van der Waals surface area contributed by atoms with Crippen LogP contribution in [-0.2, 0) is 11.2 Å². The van der Waals surface area contributed by atoms with Crippen molar-refractivity contribution in [2.24, 2.45) is 11.8 Å². The molecule has 2 rings (SSSR count). The van der Waals surface area contributed by atoms with E-state index in [9.17, 15) is 4.79 Å². The van der Waals surface area contributed by atoms with Gasteiger partial charge in [0.05, 0.1) is 0 Å². The lowest BCUT2D eigenvalue weighted by Gasteiger charge is -2.26. The quantitative estimate of drug-likeness (QED) is 0.810. The first kappa shape index (κ1) is 14.9. The van der Waals surface area contributed by atoms with Crippen molar-refractivity contribution in [1.29, 1.82) is 0 Å². The fourth-order valence-corrected chi connectivity index (χ4v) is 2.89. The summed E-state index contributed by atoms with van der Waals surface area (Å²) in [5, 5.41) is 3.08. The van der Waals surface area contributed by atoms with Gasteiger partial charge in [0.2, 0.25) is 5.91 Å². The standard InChI is InChI=1S/C17H26N2O/c1-13-6-8-14(9-7-13)12-19-17(20)11-10-15-4-2-3-5-16(15)18/h2-5,13-14H,6-12,18H2,1H3,(H,19,20). The maximum atomic E-state index is 11.9. The second kappa shape index (κ2) is 7.32. The molecule has 3 nitrogen and oxygen atoms in total. The number of para-hydroxylation sites is 1. The minimum atomic E-state index is 0.145. The Kier molecular flexibility index (Phi) is 5.45. The monoisotopic (exact) mass is 274 g/mol. The number of aryl methyl sites for hydroxylation is 1. The molecular formula is C17H26N2O. The molecule has 0 saturated heterocycles. The Morgan fingerprint density at radius 3 is 2.65 bits per heavy atom. The van der Waals surface area contributed by atoms with Crippen molar-refractivity contribution in [2.45, 2.75) is 45.4 Å². The minimum absolute atomic E-state index is 0.145. The molecule has 0 radical (unpaired) electrons. The van der Waals surface area contributed by atoms with Crippen LogP contribution < -0.4 is 11.1 Å². The highest BCUT2D eigenvalue weighted by molar-refractivity contribution is 5.76. The topological polar surface area (TPSA) is 55.1 Å². The zero-order chi connectivity index (χ0) is 14.4. The third-order valence-electron chi connectivity index (χ3n) is 4.40. The first-order valence-electron chi connectivity index (χ1n) is 7.75. The molecule has 0 aliphatic heterocycles. The third kappa shape index (κ3) is 4.55. The smallest absolute Gasteiger partial charge is 0.220 e. The van der Waals surface area contributed by atoms with Crippen molar-refractivity contribution in [2.75, 3.05) is 12.3 Å². The van der Waals surface area contributed by atoms with Crippen LogP contribution in [0.3, 0.4) is 0 Å². The predicted octanol–water partition coefficient (Wildman–Crippen LogP) is 3.14. The van der Waals surface area contributed by atoms with Gasteiger partial charge in [-0.3, -0.25) is 4.79 Å². The van der Waals surface area contributed by atoms with Crippen LogP contribution in [0.4, 0.5) is 5.69 Å². The van der Waals surface area contributed by atoms with Crippen LogP contribution in [0, 0.1) is 11.8 Å². The van der Waals surface area contributed by atoms with Crippen molar-refractivity contribution in [3.05, 3.63) is 29.8 Å². The number of carbonyl (C=O) groups is 1. The average molecular weight is 274 g/mol. The molecular weight excluding hydrogens is 248 g/mol. The summed E-state index contributed by atoms with van der Waals surface area (Å²) in [5.74, 6) is 1.69. The zero-order valence-electron chi connectivity index (χ0n) is 12.4. The van der Waals surface area contributed by atoms with Crippen LogP contribution in [0.15, 0.2) is 24.3 Å². The summed E-state index contributed by atoms with van der Waals surface area (Å²) in [6, 6.07) is 7.76. The molecule has 0 bridgehead atoms. The Bertz CT molecular complexity index is 436. The molecule has 0 unspecified atom stereocenters. The first-order valence-corrected chi connectivity index (χ1v) is 7.75. The van der Waals surface area contributed by atoms with Gasteiger partial charge in [0.1, 0.15) is 0 Å². The number of hydrogen-bond donors (Lipinski definition) is 2. The van der Waals surface area contributed by atoms with E-state index in [2.05, 4.69) is 12.2 Å². The molecule has 0 spiro atoms. The summed E-state index contributed by atoms with van der Waals surface area (Å²) in [6.45, 7) is 3.16. The lowest BCUT2D eigenvalue weighted by atomic mass is 9.83. The lowest BCUT2D eigenvalue weighted by Crippen LogP contribution is -2.31. The Labute approximate surface area is 121 Å². The van der Waals surface area contributed by atoms with Gasteiger partial charge in [0.25, 0.3) is 0 Å². The highest BCUT2D eigenvalue weighted by Crippen LogP contribution is 2.27. The Morgan fingerprint density at radius 1 is 1.25 bits per heavy atom. The molecule has 110 valence electrons. The Morgan fingerprint density at radius 2 is 1.95 bits per heavy atom.